The average molecular weight is 273 g/mol. The van der Waals surface area contributed by atoms with Crippen LogP contribution in [-0.4, -0.2) is 20.8 Å². The van der Waals surface area contributed by atoms with Gasteiger partial charge in [-0.05, 0) is 31.0 Å². The largest absolute Gasteiger partial charge is 0.493 e. The van der Waals surface area contributed by atoms with Crippen molar-refractivity contribution in [2.45, 2.75) is 25.3 Å². The van der Waals surface area contributed by atoms with E-state index in [1.54, 1.807) is 14.2 Å². The van der Waals surface area contributed by atoms with Crippen LogP contribution < -0.4 is 20.9 Å². The van der Waals surface area contributed by atoms with Crippen LogP contribution in [0.5, 0.6) is 11.5 Å². The Bertz CT molecular complexity index is 385. The minimum absolute atomic E-state index is 0.108. The van der Waals surface area contributed by atoms with Crippen molar-refractivity contribution in [2.75, 3.05) is 20.8 Å². The fraction of sp³-hybridized carbons (Fsp3) is 0.538. The summed E-state index contributed by atoms with van der Waals surface area (Å²) >= 11 is 6.29. The molecular weight excluding hydrogens is 252 g/mol. The van der Waals surface area contributed by atoms with Gasteiger partial charge in [-0.15, -0.1) is 0 Å². The molecule has 0 fully saturated rings. The lowest BCUT2D eigenvalue weighted by atomic mass is 10.0. The monoisotopic (exact) mass is 272 g/mol. The van der Waals surface area contributed by atoms with E-state index in [0.29, 0.717) is 23.1 Å². The molecule has 5 heteroatoms. The normalized spacial score (nSPS) is 12.3. The Kier molecular flexibility index (Phi) is 6.25. The number of ether oxygens (including phenoxy) is 2. The third-order valence-electron chi connectivity index (χ3n) is 2.88. The van der Waals surface area contributed by atoms with E-state index < -0.39 is 0 Å². The first-order valence-corrected chi connectivity index (χ1v) is 6.39. The second-order valence-corrected chi connectivity index (χ2v) is 4.47. The minimum Gasteiger partial charge on any atom is -0.493 e. The first-order valence-electron chi connectivity index (χ1n) is 6.01. The van der Waals surface area contributed by atoms with Gasteiger partial charge in [0.2, 0.25) is 0 Å². The van der Waals surface area contributed by atoms with Crippen molar-refractivity contribution >= 4 is 11.6 Å². The SMILES string of the molecule is COc1ccc([C@@H](N)CCCCN)c(Cl)c1OC. The van der Waals surface area contributed by atoms with Crippen molar-refractivity contribution in [1.29, 1.82) is 0 Å². The van der Waals surface area contributed by atoms with E-state index in [1.165, 1.54) is 0 Å². The van der Waals surface area contributed by atoms with Gasteiger partial charge in [0, 0.05) is 6.04 Å². The molecule has 1 aromatic rings. The van der Waals surface area contributed by atoms with E-state index in [9.17, 15) is 0 Å². The summed E-state index contributed by atoms with van der Waals surface area (Å²) in [6.07, 6.45) is 2.81. The summed E-state index contributed by atoms with van der Waals surface area (Å²) < 4.78 is 10.4. The molecule has 1 atom stereocenters. The van der Waals surface area contributed by atoms with Crippen molar-refractivity contribution < 1.29 is 9.47 Å². The van der Waals surface area contributed by atoms with Gasteiger partial charge in [0.25, 0.3) is 0 Å². The number of hydrogen-bond acceptors (Lipinski definition) is 4. The van der Waals surface area contributed by atoms with Crippen LogP contribution in [0, 0.1) is 0 Å². The lowest BCUT2D eigenvalue weighted by Crippen LogP contribution is -2.12. The number of halogens is 1. The molecule has 4 nitrogen and oxygen atoms in total. The van der Waals surface area contributed by atoms with Gasteiger partial charge < -0.3 is 20.9 Å². The lowest BCUT2D eigenvalue weighted by molar-refractivity contribution is 0.354. The van der Waals surface area contributed by atoms with Crippen LogP contribution >= 0.6 is 11.6 Å². The fourth-order valence-electron chi connectivity index (χ4n) is 1.85. The summed E-state index contributed by atoms with van der Waals surface area (Å²) in [5.74, 6) is 1.14. The molecule has 0 saturated heterocycles. The third kappa shape index (κ3) is 3.51. The Morgan fingerprint density at radius 2 is 1.94 bits per heavy atom. The molecule has 4 N–H and O–H groups in total. The summed E-state index contributed by atoms with van der Waals surface area (Å²) in [5, 5.41) is 0.525. The molecule has 0 spiro atoms. The summed E-state index contributed by atoms with van der Waals surface area (Å²) in [6.45, 7) is 0.687. The molecule has 18 heavy (non-hydrogen) atoms. The van der Waals surface area contributed by atoms with Gasteiger partial charge in [-0.1, -0.05) is 24.1 Å². The van der Waals surface area contributed by atoms with Crippen molar-refractivity contribution in [3.63, 3.8) is 0 Å². The zero-order valence-electron chi connectivity index (χ0n) is 10.9. The molecule has 0 saturated carbocycles. The Morgan fingerprint density at radius 3 is 2.50 bits per heavy atom. The van der Waals surface area contributed by atoms with Crippen LogP contribution in [0.3, 0.4) is 0 Å². The van der Waals surface area contributed by atoms with Crippen LogP contribution in [0.25, 0.3) is 0 Å². The van der Waals surface area contributed by atoms with Crippen LogP contribution in [0.4, 0.5) is 0 Å². The lowest BCUT2D eigenvalue weighted by Gasteiger charge is -2.17. The van der Waals surface area contributed by atoms with Gasteiger partial charge >= 0.3 is 0 Å². The molecule has 1 rings (SSSR count). The highest BCUT2D eigenvalue weighted by molar-refractivity contribution is 6.33. The van der Waals surface area contributed by atoms with Crippen molar-refractivity contribution in [1.82, 2.24) is 0 Å². The van der Waals surface area contributed by atoms with Gasteiger partial charge in [0.15, 0.2) is 11.5 Å². The van der Waals surface area contributed by atoms with E-state index >= 15 is 0 Å². The Hall–Kier alpha value is -0.970. The van der Waals surface area contributed by atoms with Crippen molar-refractivity contribution in [3.8, 4) is 11.5 Å². The smallest absolute Gasteiger partial charge is 0.179 e. The average Bonchev–Trinajstić information content (AvgIpc) is 2.38. The number of hydrogen-bond donors (Lipinski definition) is 2. The van der Waals surface area contributed by atoms with Gasteiger partial charge in [-0.3, -0.25) is 0 Å². The van der Waals surface area contributed by atoms with E-state index in [2.05, 4.69) is 0 Å². The van der Waals surface area contributed by atoms with Crippen LogP contribution in [0.15, 0.2) is 12.1 Å². The van der Waals surface area contributed by atoms with Crippen LogP contribution in [-0.2, 0) is 0 Å². The van der Waals surface area contributed by atoms with E-state index in [4.69, 9.17) is 32.5 Å². The van der Waals surface area contributed by atoms with Gasteiger partial charge in [0.05, 0.1) is 19.2 Å². The number of benzene rings is 1. The van der Waals surface area contributed by atoms with Crippen LogP contribution in [0.1, 0.15) is 30.9 Å². The predicted molar refractivity (Wildman–Crippen MR) is 74.4 cm³/mol. The van der Waals surface area contributed by atoms with Crippen LogP contribution in [0.2, 0.25) is 5.02 Å². The topological polar surface area (TPSA) is 70.5 Å². The first-order chi connectivity index (χ1) is 8.65. The fourth-order valence-corrected chi connectivity index (χ4v) is 2.23. The molecule has 0 heterocycles. The molecule has 0 bridgehead atoms. The number of unbranched alkanes of at least 4 members (excludes halogenated alkanes) is 1. The summed E-state index contributed by atoms with van der Waals surface area (Å²) in [7, 11) is 3.14. The molecule has 1 aromatic carbocycles. The highest BCUT2D eigenvalue weighted by atomic mass is 35.5. The zero-order chi connectivity index (χ0) is 13.5. The zero-order valence-corrected chi connectivity index (χ0v) is 11.7. The predicted octanol–water partition coefficient (Wildman–Crippen LogP) is 2.49. The summed E-state index contributed by atoms with van der Waals surface area (Å²) in [4.78, 5) is 0. The number of methoxy groups -OCH3 is 2. The van der Waals surface area contributed by atoms with Gasteiger partial charge in [-0.2, -0.15) is 0 Å². The van der Waals surface area contributed by atoms with Crippen molar-refractivity contribution in [3.05, 3.63) is 22.7 Å². The molecule has 0 aliphatic rings. The Labute approximate surface area is 113 Å². The minimum atomic E-state index is -0.108. The molecule has 0 unspecified atom stereocenters. The molecule has 0 amide bonds. The highest BCUT2D eigenvalue weighted by Gasteiger charge is 2.17. The Balaban J connectivity index is 2.89. The molecular formula is C13H21ClN2O2. The Morgan fingerprint density at radius 1 is 1.22 bits per heavy atom. The number of nitrogens with two attached hydrogens (primary N) is 2. The van der Waals surface area contributed by atoms with E-state index in [-0.39, 0.29) is 6.04 Å². The molecule has 0 aliphatic carbocycles. The standard InChI is InChI=1S/C13H21ClN2O2/c1-17-11-7-6-9(12(14)13(11)18-2)10(16)5-3-4-8-15/h6-7,10H,3-5,8,15-16H2,1-2H3/t10-/m0/s1. The van der Waals surface area contributed by atoms with Crippen molar-refractivity contribution in [2.24, 2.45) is 11.5 Å². The maximum Gasteiger partial charge on any atom is 0.179 e. The molecule has 0 radical (unpaired) electrons. The summed E-state index contributed by atoms with van der Waals surface area (Å²) in [5.41, 5.74) is 12.5. The molecule has 0 aliphatic heterocycles. The highest BCUT2D eigenvalue weighted by Crippen LogP contribution is 2.39. The number of rotatable bonds is 7. The second kappa shape index (κ2) is 7.46. The van der Waals surface area contributed by atoms with Gasteiger partial charge in [-0.25, -0.2) is 0 Å². The van der Waals surface area contributed by atoms with E-state index in [1.807, 2.05) is 12.1 Å². The first kappa shape index (κ1) is 15.1. The molecule has 102 valence electrons. The maximum absolute atomic E-state index is 6.29. The third-order valence-corrected chi connectivity index (χ3v) is 3.27. The second-order valence-electron chi connectivity index (χ2n) is 4.10. The quantitative estimate of drug-likeness (QED) is 0.748. The van der Waals surface area contributed by atoms with E-state index in [0.717, 1.165) is 24.8 Å². The van der Waals surface area contributed by atoms with Gasteiger partial charge in [0.1, 0.15) is 0 Å². The maximum atomic E-state index is 6.29. The summed E-state index contributed by atoms with van der Waals surface area (Å²) in [6, 6.07) is 3.60. The molecule has 0 aromatic heterocycles.